The quantitative estimate of drug-likeness (QED) is 0.834. The van der Waals surface area contributed by atoms with Crippen molar-refractivity contribution in [3.8, 4) is 6.07 Å². The fourth-order valence-corrected chi connectivity index (χ4v) is 3.29. The van der Waals surface area contributed by atoms with Crippen molar-refractivity contribution in [2.45, 2.75) is 11.4 Å². The predicted octanol–water partition coefficient (Wildman–Crippen LogP) is 2.54. The van der Waals surface area contributed by atoms with Crippen molar-refractivity contribution >= 4 is 26.0 Å². The largest absolute Gasteiger partial charge is 0.246 e. The van der Waals surface area contributed by atoms with Crippen molar-refractivity contribution < 1.29 is 8.42 Å². The molecule has 0 aliphatic carbocycles. The van der Waals surface area contributed by atoms with Gasteiger partial charge in [-0.3, -0.25) is 0 Å². The van der Waals surface area contributed by atoms with Crippen LogP contribution >= 0.6 is 15.9 Å². The molecule has 0 unspecified atom stereocenters. The minimum atomic E-state index is -3.75. The van der Waals surface area contributed by atoms with Gasteiger partial charge in [0.05, 0.1) is 0 Å². The summed E-state index contributed by atoms with van der Waals surface area (Å²) in [6, 6.07) is 12.1. The van der Waals surface area contributed by atoms with E-state index in [2.05, 4.69) is 20.9 Å². The monoisotopic (exact) mass is 365 g/mol. The summed E-state index contributed by atoms with van der Waals surface area (Å²) in [5.41, 5.74) is 0.756. The van der Waals surface area contributed by atoms with E-state index in [9.17, 15) is 8.42 Å². The van der Waals surface area contributed by atoms with Gasteiger partial charge in [-0.05, 0) is 29.8 Å². The van der Waals surface area contributed by atoms with E-state index in [1.807, 2.05) is 24.3 Å². The molecule has 0 saturated carbocycles. The molecule has 5 nitrogen and oxygen atoms in total. The zero-order valence-corrected chi connectivity index (χ0v) is 13.6. The highest BCUT2D eigenvalue weighted by atomic mass is 79.9. The Hall–Kier alpha value is -1.75. The lowest BCUT2D eigenvalue weighted by molar-refractivity contribution is 0.466. The molecule has 0 fully saturated rings. The number of nitriles is 1. The Kier molecular flexibility index (Phi) is 4.73. The van der Waals surface area contributed by atoms with Crippen LogP contribution in [0.5, 0.6) is 0 Å². The molecule has 0 spiro atoms. The van der Waals surface area contributed by atoms with Crippen LogP contribution in [0, 0.1) is 11.3 Å². The molecule has 2 rings (SSSR count). The average Bonchev–Trinajstić information content (AvgIpc) is 2.49. The van der Waals surface area contributed by atoms with E-state index >= 15 is 0 Å². The van der Waals surface area contributed by atoms with Gasteiger partial charge in [-0.1, -0.05) is 28.1 Å². The van der Waals surface area contributed by atoms with Gasteiger partial charge in [-0.2, -0.15) is 9.57 Å². The smallest absolute Gasteiger partial charge is 0.244 e. The van der Waals surface area contributed by atoms with Gasteiger partial charge < -0.3 is 0 Å². The molecule has 0 saturated heterocycles. The minimum absolute atomic E-state index is 0.0767. The van der Waals surface area contributed by atoms with E-state index in [4.69, 9.17) is 5.26 Å². The van der Waals surface area contributed by atoms with Crippen LogP contribution in [-0.2, 0) is 16.6 Å². The number of hydrogen-bond donors (Lipinski definition) is 0. The zero-order chi connectivity index (χ0) is 15.5. The van der Waals surface area contributed by atoms with E-state index in [-0.39, 0.29) is 17.1 Å². The summed E-state index contributed by atoms with van der Waals surface area (Å²) in [5.74, 6) is 0. The molecule has 2 aromatic rings. The Morgan fingerprint density at radius 1 is 1.29 bits per heavy atom. The second-order valence-corrected chi connectivity index (χ2v) is 7.28. The Bertz CT molecular complexity index is 783. The lowest BCUT2D eigenvalue weighted by Crippen LogP contribution is -2.27. The number of aromatic nitrogens is 1. The summed E-state index contributed by atoms with van der Waals surface area (Å²) in [7, 11) is -2.28. The van der Waals surface area contributed by atoms with Crippen LogP contribution in [0.2, 0.25) is 0 Å². The van der Waals surface area contributed by atoms with E-state index < -0.39 is 10.0 Å². The van der Waals surface area contributed by atoms with Gasteiger partial charge in [0, 0.05) is 24.3 Å². The minimum Gasteiger partial charge on any atom is -0.244 e. The molecule has 0 atom stereocenters. The van der Waals surface area contributed by atoms with Crippen LogP contribution < -0.4 is 0 Å². The van der Waals surface area contributed by atoms with Crippen molar-refractivity contribution in [1.82, 2.24) is 9.29 Å². The van der Waals surface area contributed by atoms with Crippen LogP contribution in [0.1, 0.15) is 11.3 Å². The van der Waals surface area contributed by atoms with Gasteiger partial charge >= 0.3 is 0 Å². The van der Waals surface area contributed by atoms with Crippen molar-refractivity contribution in [2.24, 2.45) is 0 Å². The highest BCUT2D eigenvalue weighted by Crippen LogP contribution is 2.19. The van der Waals surface area contributed by atoms with Gasteiger partial charge in [-0.15, -0.1) is 0 Å². The van der Waals surface area contributed by atoms with Gasteiger partial charge in [0.2, 0.25) is 10.0 Å². The molecule has 0 bridgehead atoms. The van der Waals surface area contributed by atoms with Gasteiger partial charge in [0.15, 0.2) is 5.69 Å². The number of sulfonamides is 1. The molecule has 0 radical (unpaired) electrons. The molecule has 1 aromatic carbocycles. The highest BCUT2D eigenvalue weighted by molar-refractivity contribution is 9.10. The first kappa shape index (κ1) is 15.6. The zero-order valence-electron chi connectivity index (χ0n) is 11.2. The van der Waals surface area contributed by atoms with Crippen LogP contribution in [0.15, 0.2) is 52.0 Å². The normalized spacial score (nSPS) is 11.3. The summed E-state index contributed by atoms with van der Waals surface area (Å²) < 4.78 is 27.1. The average molecular weight is 366 g/mol. The summed E-state index contributed by atoms with van der Waals surface area (Å²) in [5, 5.41) is 8.98. The van der Waals surface area contributed by atoms with E-state index in [1.54, 1.807) is 6.07 Å². The van der Waals surface area contributed by atoms with Crippen molar-refractivity contribution in [3.63, 3.8) is 0 Å². The maximum absolute atomic E-state index is 12.5. The van der Waals surface area contributed by atoms with Crippen LogP contribution in [0.3, 0.4) is 0 Å². The first-order chi connectivity index (χ1) is 9.95. The first-order valence-electron chi connectivity index (χ1n) is 6.01. The Morgan fingerprint density at radius 3 is 2.57 bits per heavy atom. The maximum atomic E-state index is 12.5. The maximum Gasteiger partial charge on any atom is 0.246 e. The molecule has 21 heavy (non-hydrogen) atoms. The van der Waals surface area contributed by atoms with E-state index in [0.717, 1.165) is 10.0 Å². The molecular weight excluding hydrogens is 354 g/mol. The SMILES string of the molecule is CN(Cc1ccc(Br)cc1)S(=O)(=O)c1cccnc1C#N. The molecule has 7 heteroatoms. The number of benzene rings is 1. The molecule has 0 N–H and O–H groups in total. The van der Waals surface area contributed by atoms with E-state index in [1.165, 1.54) is 29.7 Å². The second-order valence-electron chi connectivity index (χ2n) is 4.35. The lowest BCUT2D eigenvalue weighted by Gasteiger charge is -2.17. The van der Waals surface area contributed by atoms with Crippen LogP contribution in [0.25, 0.3) is 0 Å². The molecule has 0 aliphatic heterocycles. The molecule has 108 valence electrons. The summed E-state index contributed by atoms with van der Waals surface area (Å²) in [6.45, 7) is 0.218. The fourth-order valence-electron chi connectivity index (χ4n) is 1.78. The van der Waals surface area contributed by atoms with E-state index in [0.29, 0.717) is 0 Å². The summed E-state index contributed by atoms with van der Waals surface area (Å²) >= 11 is 3.33. The standard InChI is InChI=1S/C14H12BrN3O2S/c1-18(10-11-4-6-12(15)7-5-11)21(19,20)14-3-2-8-17-13(14)9-16/h2-8H,10H2,1H3. The number of pyridine rings is 1. The predicted molar refractivity (Wildman–Crippen MR) is 81.7 cm³/mol. The van der Waals surface area contributed by atoms with Crippen molar-refractivity contribution in [1.29, 1.82) is 5.26 Å². The van der Waals surface area contributed by atoms with Crippen molar-refractivity contribution in [3.05, 3.63) is 58.3 Å². The van der Waals surface area contributed by atoms with Gasteiger partial charge in [-0.25, -0.2) is 13.4 Å². The highest BCUT2D eigenvalue weighted by Gasteiger charge is 2.24. The summed E-state index contributed by atoms with van der Waals surface area (Å²) in [4.78, 5) is 3.71. The van der Waals surface area contributed by atoms with Gasteiger partial charge in [0.1, 0.15) is 11.0 Å². The third-order valence-corrected chi connectivity index (χ3v) is 5.25. The molecule has 0 aliphatic rings. The number of nitrogens with zero attached hydrogens (tertiary/aromatic N) is 3. The van der Waals surface area contributed by atoms with Gasteiger partial charge in [0.25, 0.3) is 0 Å². The topological polar surface area (TPSA) is 74.1 Å². The Morgan fingerprint density at radius 2 is 1.95 bits per heavy atom. The Labute approximate surface area is 132 Å². The number of halogens is 1. The van der Waals surface area contributed by atoms with Crippen molar-refractivity contribution in [2.75, 3.05) is 7.05 Å². The summed E-state index contributed by atoms with van der Waals surface area (Å²) in [6.07, 6.45) is 1.40. The lowest BCUT2D eigenvalue weighted by atomic mass is 10.2. The third kappa shape index (κ3) is 3.47. The fraction of sp³-hybridized carbons (Fsp3) is 0.143. The Balaban J connectivity index is 2.31. The molecule has 1 aromatic heterocycles. The number of rotatable bonds is 4. The third-order valence-electron chi connectivity index (χ3n) is 2.88. The van der Waals surface area contributed by atoms with Crippen LogP contribution in [-0.4, -0.2) is 24.8 Å². The molecule has 1 heterocycles. The van der Waals surface area contributed by atoms with Crippen LogP contribution in [0.4, 0.5) is 0 Å². The number of hydrogen-bond acceptors (Lipinski definition) is 4. The second kappa shape index (κ2) is 6.35. The first-order valence-corrected chi connectivity index (χ1v) is 8.24. The molecule has 0 amide bonds. The molecular formula is C14H12BrN3O2S.